The average molecular weight is 491 g/mol. The molecule has 6 nitrogen and oxygen atoms in total. The number of para-hydroxylation sites is 1. The van der Waals surface area contributed by atoms with Crippen LogP contribution in [-0.2, 0) is 6.54 Å². The third-order valence-electron chi connectivity index (χ3n) is 5.82. The highest BCUT2D eigenvalue weighted by Crippen LogP contribution is 2.27. The van der Waals surface area contributed by atoms with Crippen LogP contribution in [0, 0.1) is 0 Å². The second-order valence-electron chi connectivity index (χ2n) is 8.49. The summed E-state index contributed by atoms with van der Waals surface area (Å²) in [5.41, 5.74) is 3.24. The van der Waals surface area contributed by atoms with E-state index in [2.05, 4.69) is 27.1 Å². The van der Waals surface area contributed by atoms with Gasteiger partial charge in [0.15, 0.2) is 0 Å². The zero-order chi connectivity index (χ0) is 25.5. The highest BCUT2D eigenvalue weighted by Gasteiger charge is 2.14. The van der Waals surface area contributed by atoms with E-state index in [9.17, 15) is 18.7 Å². The number of hydrogen-bond acceptors (Lipinski definition) is 5. The second-order valence-corrected chi connectivity index (χ2v) is 8.49. The van der Waals surface area contributed by atoms with Crippen molar-refractivity contribution in [2.75, 3.05) is 25.0 Å². The number of rotatable bonds is 10. The number of carbonyl (C=O) groups excluding carboxylic acids is 1. The van der Waals surface area contributed by atoms with Crippen LogP contribution in [0.2, 0.25) is 0 Å². The number of pyridine rings is 2. The van der Waals surface area contributed by atoms with Crippen molar-refractivity contribution in [1.82, 2.24) is 14.9 Å². The predicted octanol–water partition coefficient (Wildman–Crippen LogP) is 5.69. The maximum Gasteiger partial charge on any atom is 0.263 e. The van der Waals surface area contributed by atoms with E-state index < -0.39 is 6.43 Å². The molecule has 2 N–H and O–H groups in total. The van der Waals surface area contributed by atoms with Crippen molar-refractivity contribution in [2.24, 2.45) is 0 Å². The molecule has 0 aliphatic rings. The number of carbonyl (C=O) groups is 1. The van der Waals surface area contributed by atoms with Gasteiger partial charge in [0.2, 0.25) is 0 Å². The molecule has 0 saturated heterocycles. The monoisotopic (exact) mass is 490 g/mol. The number of nitrogens with one attached hydrogen (secondary N) is 1. The van der Waals surface area contributed by atoms with Gasteiger partial charge in [-0.25, -0.2) is 13.8 Å². The SMILES string of the molecule is CCCN(CCO)Cc1ccc(NC(=O)c2cccc3ccc(-c4cccc(C(F)F)c4)nc23)cn1. The van der Waals surface area contributed by atoms with Gasteiger partial charge in [-0.05, 0) is 43.3 Å². The summed E-state index contributed by atoms with van der Waals surface area (Å²) in [6, 6.07) is 18.6. The summed E-state index contributed by atoms with van der Waals surface area (Å²) in [4.78, 5) is 24.4. The topological polar surface area (TPSA) is 78.4 Å². The molecule has 0 fully saturated rings. The van der Waals surface area contributed by atoms with E-state index in [-0.39, 0.29) is 18.1 Å². The fourth-order valence-electron chi connectivity index (χ4n) is 4.07. The van der Waals surface area contributed by atoms with Crippen LogP contribution in [0.25, 0.3) is 22.2 Å². The van der Waals surface area contributed by atoms with E-state index >= 15 is 0 Å². The average Bonchev–Trinajstić information content (AvgIpc) is 2.89. The molecule has 4 rings (SSSR count). The van der Waals surface area contributed by atoms with Gasteiger partial charge >= 0.3 is 0 Å². The van der Waals surface area contributed by atoms with E-state index in [1.165, 1.54) is 12.1 Å². The number of hydrogen-bond donors (Lipinski definition) is 2. The summed E-state index contributed by atoms with van der Waals surface area (Å²) >= 11 is 0. The summed E-state index contributed by atoms with van der Waals surface area (Å²) in [6.07, 6.45) is 0.0130. The molecule has 0 radical (unpaired) electrons. The van der Waals surface area contributed by atoms with Crippen LogP contribution in [0.3, 0.4) is 0 Å². The van der Waals surface area contributed by atoms with Crippen LogP contribution in [0.15, 0.2) is 72.9 Å². The van der Waals surface area contributed by atoms with Crippen LogP contribution in [0.4, 0.5) is 14.5 Å². The van der Waals surface area contributed by atoms with Crippen molar-refractivity contribution in [1.29, 1.82) is 0 Å². The number of amides is 1. The van der Waals surface area contributed by atoms with Crippen LogP contribution in [0.1, 0.15) is 41.4 Å². The highest BCUT2D eigenvalue weighted by atomic mass is 19.3. The number of benzene rings is 2. The Labute approximate surface area is 208 Å². The lowest BCUT2D eigenvalue weighted by Crippen LogP contribution is -2.27. The molecule has 1 amide bonds. The lowest BCUT2D eigenvalue weighted by Gasteiger charge is -2.20. The third-order valence-corrected chi connectivity index (χ3v) is 5.82. The zero-order valence-corrected chi connectivity index (χ0v) is 20.0. The van der Waals surface area contributed by atoms with Crippen molar-refractivity contribution < 1.29 is 18.7 Å². The number of alkyl halides is 2. The Balaban J connectivity index is 1.55. The van der Waals surface area contributed by atoms with Crippen molar-refractivity contribution in [3.63, 3.8) is 0 Å². The smallest absolute Gasteiger partial charge is 0.263 e. The molecule has 0 bridgehead atoms. The Bertz CT molecular complexity index is 1320. The lowest BCUT2D eigenvalue weighted by atomic mass is 10.0. The molecule has 8 heteroatoms. The first kappa shape index (κ1) is 25.3. The first-order valence-corrected chi connectivity index (χ1v) is 11.9. The Hall–Kier alpha value is -3.75. The molecule has 36 heavy (non-hydrogen) atoms. The number of anilines is 1. The number of halogens is 2. The van der Waals surface area contributed by atoms with E-state index in [0.717, 1.165) is 24.0 Å². The van der Waals surface area contributed by atoms with Gasteiger partial charge in [0, 0.05) is 29.6 Å². The molecule has 0 spiro atoms. The number of fused-ring (bicyclic) bond motifs is 1. The Morgan fingerprint density at radius 1 is 1.06 bits per heavy atom. The van der Waals surface area contributed by atoms with Crippen LogP contribution >= 0.6 is 0 Å². The maximum absolute atomic E-state index is 13.2. The standard InChI is InChI=1S/C28H28F2N4O2/c1-2-13-34(14-15-35)18-23-11-10-22(17-31-23)32-28(36)24-8-4-5-19-9-12-25(33-26(19)24)20-6-3-7-21(16-20)27(29)30/h3-12,16-17,27,35H,2,13-15,18H2,1H3,(H,32,36). The highest BCUT2D eigenvalue weighted by molar-refractivity contribution is 6.12. The number of aromatic nitrogens is 2. The number of aliphatic hydroxyl groups is 1. The van der Waals surface area contributed by atoms with Gasteiger partial charge in [-0.1, -0.05) is 43.3 Å². The molecular formula is C28H28F2N4O2. The predicted molar refractivity (Wildman–Crippen MR) is 137 cm³/mol. The molecular weight excluding hydrogens is 462 g/mol. The zero-order valence-electron chi connectivity index (χ0n) is 20.0. The molecule has 0 unspecified atom stereocenters. The van der Waals surface area contributed by atoms with Crippen molar-refractivity contribution >= 4 is 22.5 Å². The minimum Gasteiger partial charge on any atom is -0.395 e. The third kappa shape index (κ3) is 6.08. The van der Waals surface area contributed by atoms with Crippen molar-refractivity contribution in [3.8, 4) is 11.3 Å². The van der Waals surface area contributed by atoms with Crippen LogP contribution in [0.5, 0.6) is 0 Å². The molecule has 4 aromatic rings. The summed E-state index contributed by atoms with van der Waals surface area (Å²) in [5, 5.41) is 12.9. The van der Waals surface area contributed by atoms with Gasteiger partial charge in [-0.2, -0.15) is 0 Å². The second kappa shape index (κ2) is 11.8. The van der Waals surface area contributed by atoms with Gasteiger partial charge in [0.1, 0.15) is 0 Å². The first-order valence-electron chi connectivity index (χ1n) is 11.9. The lowest BCUT2D eigenvalue weighted by molar-refractivity contribution is 0.102. The summed E-state index contributed by atoms with van der Waals surface area (Å²) in [5.74, 6) is -0.339. The minimum absolute atomic E-state index is 0.0782. The van der Waals surface area contributed by atoms with E-state index in [1.54, 1.807) is 42.6 Å². The summed E-state index contributed by atoms with van der Waals surface area (Å²) in [6.45, 7) is 4.24. The first-order chi connectivity index (χ1) is 17.5. The van der Waals surface area contributed by atoms with Gasteiger partial charge in [0.25, 0.3) is 12.3 Å². The van der Waals surface area contributed by atoms with Gasteiger partial charge in [-0.15, -0.1) is 0 Å². The van der Waals surface area contributed by atoms with Crippen LogP contribution < -0.4 is 5.32 Å². The van der Waals surface area contributed by atoms with Gasteiger partial charge in [-0.3, -0.25) is 14.7 Å². The van der Waals surface area contributed by atoms with Gasteiger partial charge < -0.3 is 10.4 Å². The summed E-state index contributed by atoms with van der Waals surface area (Å²) < 4.78 is 26.3. The van der Waals surface area contributed by atoms with E-state index in [0.29, 0.717) is 41.1 Å². The minimum atomic E-state index is -2.57. The Kier molecular flexibility index (Phi) is 8.30. The van der Waals surface area contributed by atoms with Crippen molar-refractivity contribution in [2.45, 2.75) is 26.3 Å². The number of nitrogens with zero attached hydrogens (tertiary/aromatic N) is 3. The quantitative estimate of drug-likeness (QED) is 0.299. The maximum atomic E-state index is 13.2. The fourth-order valence-corrected chi connectivity index (χ4v) is 4.07. The molecule has 2 aromatic carbocycles. The molecule has 0 aliphatic carbocycles. The molecule has 0 atom stereocenters. The summed E-state index contributed by atoms with van der Waals surface area (Å²) in [7, 11) is 0. The molecule has 2 aromatic heterocycles. The Morgan fingerprint density at radius 3 is 2.61 bits per heavy atom. The molecule has 2 heterocycles. The van der Waals surface area contributed by atoms with Crippen LogP contribution in [-0.4, -0.2) is 45.6 Å². The fraction of sp³-hybridized carbons (Fsp3) is 0.250. The molecule has 186 valence electrons. The normalized spacial score (nSPS) is 11.4. The Morgan fingerprint density at radius 2 is 1.89 bits per heavy atom. The van der Waals surface area contributed by atoms with Gasteiger partial charge in [0.05, 0.1) is 41.0 Å². The van der Waals surface area contributed by atoms with E-state index in [4.69, 9.17) is 0 Å². The van der Waals surface area contributed by atoms with E-state index in [1.807, 2.05) is 18.2 Å². The molecule has 0 aliphatic heterocycles. The molecule has 0 saturated carbocycles. The largest absolute Gasteiger partial charge is 0.395 e. The number of aliphatic hydroxyl groups excluding tert-OH is 1. The van der Waals surface area contributed by atoms with Crippen molar-refractivity contribution in [3.05, 3.63) is 89.7 Å².